The molecular weight excluding hydrogens is 164 g/mol. The molecule has 0 bridgehead atoms. The van der Waals surface area contributed by atoms with E-state index in [1.165, 1.54) is 6.07 Å². The van der Waals surface area contributed by atoms with Crippen LogP contribution in [0.4, 0.5) is 0 Å². The highest BCUT2D eigenvalue weighted by atomic mass is 35.5. The second-order valence-electron chi connectivity index (χ2n) is 2.02. The first-order chi connectivity index (χ1) is 5.25. The monoisotopic (exact) mass is 172 g/mol. The van der Waals surface area contributed by atoms with E-state index in [4.69, 9.17) is 16.3 Å². The molecule has 11 heavy (non-hydrogen) atoms. The maximum absolute atomic E-state index is 9.21. The molecule has 0 saturated heterocycles. The summed E-state index contributed by atoms with van der Waals surface area (Å²) in [5.74, 6) is 0.441. The van der Waals surface area contributed by atoms with Crippen LogP contribution in [0.5, 0.6) is 11.5 Å². The third kappa shape index (κ3) is 1.77. The zero-order chi connectivity index (χ0) is 8.27. The van der Waals surface area contributed by atoms with Crippen LogP contribution in [0, 0.1) is 0 Å². The highest BCUT2D eigenvalue weighted by molar-refractivity contribution is 6.32. The van der Waals surface area contributed by atoms with Crippen LogP contribution in [0.25, 0.3) is 0 Å². The molecule has 0 aliphatic rings. The van der Waals surface area contributed by atoms with Crippen molar-refractivity contribution in [1.82, 2.24) is 0 Å². The number of rotatable bonds is 2. The average Bonchev–Trinajstić information content (AvgIpc) is 1.97. The molecule has 0 fully saturated rings. The quantitative estimate of drug-likeness (QED) is 0.743. The molecule has 0 unspecified atom stereocenters. The fourth-order valence-corrected chi connectivity index (χ4v) is 1.01. The first-order valence-corrected chi connectivity index (χ1v) is 3.73. The van der Waals surface area contributed by atoms with Crippen molar-refractivity contribution in [2.24, 2.45) is 0 Å². The zero-order valence-electron chi connectivity index (χ0n) is 6.17. The summed E-state index contributed by atoms with van der Waals surface area (Å²) < 4.78 is 5.09. The Labute approximate surface area is 70.4 Å². The summed E-state index contributed by atoms with van der Waals surface area (Å²) in [6.45, 7) is 2.33. The van der Waals surface area contributed by atoms with Crippen molar-refractivity contribution in [3.63, 3.8) is 0 Å². The van der Waals surface area contributed by atoms with Gasteiger partial charge in [-0.25, -0.2) is 0 Å². The molecule has 0 aliphatic heterocycles. The molecule has 0 heterocycles. The molecular formula is C8H9ClO2. The Hall–Kier alpha value is -0.890. The van der Waals surface area contributed by atoms with Crippen molar-refractivity contribution < 1.29 is 9.84 Å². The van der Waals surface area contributed by atoms with Gasteiger partial charge in [-0.2, -0.15) is 0 Å². The van der Waals surface area contributed by atoms with Crippen molar-refractivity contribution in [3.8, 4) is 11.5 Å². The van der Waals surface area contributed by atoms with E-state index in [2.05, 4.69) is 0 Å². The summed E-state index contributed by atoms with van der Waals surface area (Å²) in [5.41, 5.74) is 0. The minimum absolute atomic E-state index is 0.0827. The molecule has 0 aromatic heterocycles. The smallest absolute Gasteiger partial charge is 0.179 e. The van der Waals surface area contributed by atoms with Gasteiger partial charge in [0.25, 0.3) is 0 Å². The average molecular weight is 173 g/mol. The van der Waals surface area contributed by atoms with Crippen molar-refractivity contribution in [2.75, 3.05) is 6.61 Å². The molecule has 60 valence electrons. The second kappa shape index (κ2) is 3.49. The van der Waals surface area contributed by atoms with Gasteiger partial charge in [0.15, 0.2) is 11.5 Å². The van der Waals surface area contributed by atoms with E-state index < -0.39 is 0 Å². The van der Waals surface area contributed by atoms with Gasteiger partial charge < -0.3 is 9.84 Å². The van der Waals surface area contributed by atoms with Crippen molar-refractivity contribution >= 4 is 11.6 Å². The van der Waals surface area contributed by atoms with Gasteiger partial charge in [0.2, 0.25) is 0 Å². The molecule has 0 amide bonds. The van der Waals surface area contributed by atoms with Gasteiger partial charge in [0, 0.05) is 0 Å². The summed E-state index contributed by atoms with van der Waals surface area (Å²) >= 11 is 5.72. The second-order valence-corrected chi connectivity index (χ2v) is 2.43. The third-order valence-corrected chi connectivity index (χ3v) is 1.53. The van der Waals surface area contributed by atoms with E-state index >= 15 is 0 Å². The van der Waals surface area contributed by atoms with Gasteiger partial charge >= 0.3 is 0 Å². The van der Waals surface area contributed by atoms with Gasteiger partial charge in [0.05, 0.1) is 11.6 Å². The molecule has 1 rings (SSSR count). The number of ether oxygens (including phenoxy) is 1. The fraction of sp³-hybridized carbons (Fsp3) is 0.250. The van der Waals surface area contributed by atoms with Gasteiger partial charge in [-0.15, -0.1) is 0 Å². The Morgan fingerprint density at radius 2 is 2.27 bits per heavy atom. The highest BCUT2D eigenvalue weighted by Gasteiger charge is 2.04. The molecule has 0 saturated carbocycles. The lowest BCUT2D eigenvalue weighted by molar-refractivity contribution is 0.318. The minimum atomic E-state index is 0.0827. The first-order valence-electron chi connectivity index (χ1n) is 3.36. The van der Waals surface area contributed by atoms with Crippen LogP contribution in [-0.2, 0) is 0 Å². The molecule has 1 N–H and O–H groups in total. The number of phenolic OH excluding ortho intramolecular Hbond substituents is 1. The fourth-order valence-electron chi connectivity index (χ4n) is 0.785. The first kappa shape index (κ1) is 8.21. The minimum Gasteiger partial charge on any atom is -0.504 e. The molecule has 1 aromatic rings. The Kier molecular flexibility index (Phi) is 2.60. The number of para-hydroxylation sites is 1. The van der Waals surface area contributed by atoms with E-state index in [0.29, 0.717) is 17.4 Å². The molecule has 0 spiro atoms. The highest BCUT2D eigenvalue weighted by Crippen LogP contribution is 2.33. The lowest BCUT2D eigenvalue weighted by Crippen LogP contribution is -1.91. The molecule has 3 heteroatoms. The molecule has 0 aliphatic carbocycles. The lowest BCUT2D eigenvalue weighted by Gasteiger charge is -2.06. The Morgan fingerprint density at radius 1 is 1.55 bits per heavy atom. The van der Waals surface area contributed by atoms with Crippen LogP contribution in [0.1, 0.15) is 6.92 Å². The van der Waals surface area contributed by atoms with E-state index in [1.807, 2.05) is 6.92 Å². The van der Waals surface area contributed by atoms with Crippen LogP contribution in [0.2, 0.25) is 5.02 Å². The van der Waals surface area contributed by atoms with Crippen molar-refractivity contribution in [1.29, 1.82) is 0 Å². The predicted octanol–water partition coefficient (Wildman–Crippen LogP) is 2.44. The normalized spacial score (nSPS) is 9.64. The summed E-state index contributed by atoms with van der Waals surface area (Å²) in [7, 11) is 0. The Bertz CT molecular complexity index is 228. The summed E-state index contributed by atoms with van der Waals surface area (Å²) in [5, 5.41) is 9.65. The molecule has 2 nitrogen and oxygen atoms in total. The molecule has 0 atom stereocenters. The van der Waals surface area contributed by atoms with Crippen molar-refractivity contribution in [3.05, 3.63) is 23.2 Å². The van der Waals surface area contributed by atoms with Crippen LogP contribution in [-0.4, -0.2) is 11.7 Å². The van der Waals surface area contributed by atoms with E-state index in [0.717, 1.165) is 0 Å². The van der Waals surface area contributed by atoms with Gasteiger partial charge in [-0.1, -0.05) is 17.7 Å². The maximum Gasteiger partial charge on any atom is 0.179 e. The number of aromatic hydroxyl groups is 1. The third-order valence-electron chi connectivity index (χ3n) is 1.23. The Balaban J connectivity index is 3.00. The standard InChI is InChI=1S/C8H9ClO2/c1-2-11-8-6(9)4-3-5-7(8)10/h3-5,10H,2H2,1H3. The SMILES string of the molecule is CCOc1c(O)cccc1Cl. The number of phenols is 1. The molecule has 1 aromatic carbocycles. The number of hydrogen-bond donors (Lipinski definition) is 1. The van der Waals surface area contributed by atoms with Crippen LogP contribution >= 0.6 is 11.6 Å². The van der Waals surface area contributed by atoms with Gasteiger partial charge in [-0.05, 0) is 19.1 Å². The molecule has 0 radical (unpaired) electrons. The predicted molar refractivity (Wildman–Crippen MR) is 44.3 cm³/mol. The summed E-state index contributed by atoms with van der Waals surface area (Å²) in [6, 6.07) is 4.88. The largest absolute Gasteiger partial charge is 0.504 e. The topological polar surface area (TPSA) is 29.5 Å². The zero-order valence-corrected chi connectivity index (χ0v) is 6.93. The van der Waals surface area contributed by atoms with Crippen LogP contribution in [0.15, 0.2) is 18.2 Å². The maximum atomic E-state index is 9.21. The van der Waals surface area contributed by atoms with E-state index in [-0.39, 0.29) is 5.75 Å². The number of halogens is 1. The van der Waals surface area contributed by atoms with Gasteiger partial charge in [-0.3, -0.25) is 0 Å². The van der Waals surface area contributed by atoms with E-state index in [1.54, 1.807) is 12.1 Å². The summed E-state index contributed by atoms with van der Waals surface area (Å²) in [6.07, 6.45) is 0. The lowest BCUT2D eigenvalue weighted by atomic mass is 10.3. The summed E-state index contributed by atoms with van der Waals surface area (Å²) in [4.78, 5) is 0. The Morgan fingerprint density at radius 3 is 2.82 bits per heavy atom. The van der Waals surface area contributed by atoms with E-state index in [9.17, 15) is 5.11 Å². The van der Waals surface area contributed by atoms with Crippen molar-refractivity contribution in [2.45, 2.75) is 6.92 Å². The van der Waals surface area contributed by atoms with Crippen LogP contribution < -0.4 is 4.74 Å². The number of hydrogen-bond acceptors (Lipinski definition) is 2. The van der Waals surface area contributed by atoms with Gasteiger partial charge in [0.1, 0.15) is 0 Å². The number of benzene rings is 1. The van der Waals surface area contributed by atoms with Crippen LogP contribution in [0.3, 0.4) is 0 Å².